The maximum absolute atomic E-state index is 12.6. The number of hydrogen-bond acceptors (Lipinski definition) is 5. The molecule has 0 spiro atoms. The highest BCUT2D eigenvalue weighted by atomic mass is 35.5. The van der Waals surface area contributed by atoms with Gasteiger partial charge in [-0.05, 0) is 30.2 Å². The largest absolute Gasteiger partial charge is 0.469 e. The van der Waals surface area contributed by atoms with Gasteiger partial charge in [0.25, 0.3) is 5.91 Å². The zero-order valence-corrected chi connectivity index (χ0v) is 18.8. The Kier molecular flexibility index (Phi) is 7.99. The Morgan fingerprint density at radius 2 is 1.66 bits per heavy atom. The summed E-state index contributed by atoms with van der Waals surface area (Å²) in [7, 11) is 1.29. The second-order valence-corrected chi connectivity index (χ2v) is 7.86. The van der Waals surface area contributed by atoms with Gasteiger partial charge in [-0.2, -0.15) is 0 Å². The number of hydrogen-bond donors (Lipinski definition) is 4. The van der Waals surface area contributed by atoms with Crippen LogP contribution in [0.3, 0.4) is 0 Å². The maximum atomic E-state index is 12.6. The standard InChI is InChI=1S/C23H26N4O4.ClH/c1-23(11-19(28)31-2)18(13-27-22(23)30)12-26-21(29)17-9-5-15(6-10-17)14-3-7-16(8-4-14)20(24)25;/h3-10,18H,11-13H2,1-2H3,(H3,24,25)(H,26,29)(H,27,30);1H. The van der Waals surface area contributed by atoms with Crippen molar-refractivity contribution in [1.29, 1.82) is 5.41 Å². The van der Waals surface area contributed by atoms with Crippen LogP contribution in [0.2, 0.25) is 0 Å². The number of rotatable bonds is 7. The molecule has 2 aromatic rings. The SMILES string of the molecule is COC(=O)CC1(C)C(=O)NCC1CNC(=O)c1ccc(-c2ccc(C(=N)N)cc2)cc1.Cl. The van der Waals surface area contributed by atoms with Crippen molar-refractivity contribution in [2.75, 3.05) is 20.2 Å². The first-order valence-corrected chi connectivity index (χ1v) is 9.93. The number of benzene rings is 2. The third kappa shape index (κ3) is 5.26. The second kappa shape index (κ2) is 10.3. The van der Waals surface area contributed by atoms with Crippen LogP contribution in [-0.2, 0) is 14.3 Å². The van der Waals surface area contributed by atoms with Crippen LogP contribution in [0.4, 0.5) is 0 Å². The van der Waals surface area contributed by atoms with Crippen molar-refractivity contribution < 1.29 is 19.1 Å². The Morgan fingerprint density at radius 1 is 1.12 bits per heavy atom. The van der Waals surface area contributed by atoms with E-state index in [1.54, 1.807) is 31.2 Å². The molecular weight excluding hydrogens is 432 g/mol. The van der Waals surface area contributed by atoms with Gasteiger partial charge in [-0.25, -0.2) is 0 Å². The summed E-state index contributed by atoms with van der Waals surface area (Å²) < 4.78 is 4.71. The molecule has 1 aliphatic rings. The maximum Gasteiger partial charge on any atom is 0.306 e. The van der Waals surface area contributed by atoms with Gasteiger partial charge in [-0.15, -0.1) is 12.4 Å². The number of nitrogen functional groups attached to an aromatic ring is 1. The Morgan fingerprint density at radius 3 is 2.16 bits per heavy atom. The minimum atomic E-state index is -0.920. The van der Waals surface area contributed by atoms with Crippen molar-refractivity contribution in [1.82, 2.24) is 10.6 Å². The van der Waals surface area contributed by atoms with Gasteiger partial charge < -0.3 is 21.1 Å². The van der Waals surface area contributed by atoms with Crippen molar-refractivity contribution in [3.63, 3.8) is 0 Å². The lowest BCUT2D eigenvalue weighted by atomic mass is 9.76. The van der Waals surface area contributed by atoms with E-state index in [2.05, 4.69) is 10.6 Å². The Labute approximate surface area is 192 Å². The number of ether oxygens (including phenoxy) is 1. The predicted octanol–water partition coefficient (Wildman–Crippen LogP) is 2.10. The van der Waals surface area contributed by atoms with Crippen molar-refractivity contribution in [2.24, 2.45) is 17.1 Å². The first kappa shape index (κ1) is 24.9. The average molecular weight is 459 g/mol. The van der Waals surface area contributed by atoms with Gasteiger partial charge in [0.05, 0.1) is 18.9 Å². The highest BCUT2D eigenvalue weighted by molar-refractivity contribution is 5.96. The van der Waals surface area contributed by atoms with Crippen LogP contribution in [0.5, 0.6) is 0 Å². The molecule has 0 saturated carbocycles. The molecule has 170 valence electrons. The van der Waals surface area contributed by atoms with Crippen LogP contribution >= 0.6 is 12.4 Å². The molecule has 2 unspecified atom stereocenters. The number of halogens is 1. The summed E-state index contributed by atoms with van der Waals surface area (Å²) in [4.78, 5) is 36.6. The molecule has 5 N–H and O–H groups in total. The molecule has 2 aromatic carbocycles. The fourth-order valence-electron chi connectivity index (χ4n) is 3.70. The zero-order chi connectivity index (χ0) is 22.6. The summed E-state index contributed by atoms with van der Waals surface area (Å²) in [5.41, 5.74) is 7.59. The molecule has 1 heterocycles. The molecule has 32 heavy (non-hydrogen) atoms. The van der Waals surface area contributed by atoms with Gasteiger partial charge in [0.15, 0.2) is 0 Å². The van der Waals surface area contributed by atoms with Gasteiger partial charge in [-0.1, -0.05) is 36.4 Å². The monoisotopic (exact) mass is 458 g/mol. The highest BCUT2D eigenvalue weighted by Gasteiger charge is 2.48. The number of methoxy groups -OCH3 is 1. The van der Waals surface area contributed by atoms with Gasteiger partial charge >= 0.3 is 5.97 Å². The fraction of sp³-hybridized carbons (Fsp3) is 0.304. The van der Waals surface area contributed by atoms with Gasteiger partial charge in [0.1, 0.15) is 5.84 Å². The molecule has 0 aromatic heterocycles. The van der Waals surface area contributed by atoms with Crippen LogP contribution in [0, 0.1) is 16.7 Å². The van der Waals surface area contributed by atoms with Crippen molar-refractivity contribution >= 4 is 36.0 Å². The summed E-state index contributed by atoms with van der Waals surface area (Å²) in [6, 6.07) is 14.5. The van der Waals surface area contributed by atoms with Gasteiger partial charge in [-0.3, -0.25) is 19.8 Å². The van der Waals surface area contributed by atoms with Crippen molar-refractivity contribution in [3.8, 4) is 11.1 Å². The van der Waals surface area contributed by atoms with Gasteiger partial charge in [0.2, 0.25) is 5.91 Å². The molecule has 1 saturated heterocycles. The Balaban J connectivity index is 0.00000363. The molecular formula is C23H27ClN4O4. The number of carbonyl (C=O) groups excluding carboxylic acids is 3. The highest BCUT2D eigenvalue weighted by Crippen LogP contribution is 2.35. The summed E-state index contributed by atoms with van der Waals surface area (Å²) in [6.07, 6.45) is -0.0347. The average Bonchev–Trinajstić information content (AvgIpc) is 3.05. The normalized spacial score (nSPS) is 19.4. The minimum Gasteiger partial charge on any atom is -0.469 e. The van der Waals surface area contributed by atoms with Crippen LogP contribution in [0.25, 0.3) is 11.1 Å². The zero-order valence-electron chi connectivity index (χ0n) is 17.9. The lowest BCUT2D eigenvalue weighted by molar-refractivity contribution is -0.147. The van der Waals surface area contributed by atoms with Crippen LogP contribution in [0.1, 0.15) is 29.3 Å². The quantitative estimate of drug-likeness (QED) is 0.286. The predicted molar refractivity (Wildman–Crippen MR) is 124 cm³/mol. The Bertz CT molecular complexity index is 1010. The number of carbonyl (C=O) groups is 3. The number of nitrogens with one attached hydrogen (secondary N) is 3. The van der Waals surface area contributed by atoms with E-state index in [-0.39, 0.29) is 48.9 Å². The summed E-state index contributed by atoms with van der Waals surface area (Å²) in [6.45, 7) is 2.37. The fourth-order valence-corrected chi connectivity index (χ4v) is 3.70. The molecule has 0 bridgehead atoms. The molecule has 8 nitrogen and oxygen atoms in total. The number of amidine groups is 1. The van der Waals surface area contributed by atoms with E-state index in [0.29, 0.717) is 17.7 Å². The molecule has 2 atom stereocenters. The Hall–Kier alpha value is -3.39. The van der Waals surface area contributed by atoms with E-state index in [0.717, 1.165) is 11.1 Å². The lowest BCUT2D eigenvalue weighted by Gasteiger charge is -2.27. The van der Waals surface area contributed by atoms with Crippen molar-refractivity contribution in [2.45, 2.75) is 13.3 Å². The van der Waals surface area contributed by atoms with E-state index < -0.39 is 11.4 Å². The molecule has 0 aliphatic carbocycles. The first-order chi connectivity index (χ1) is 14.7. The van der Waals surface area contributed by atoms with Crippen molar-refractivity contribution in [3.05, 3.63) is 59.7 Å². The van der Waals surface area contributed by atoms with Crippen LogP contribution in [0.15, 0.2) is 48.5 Å². The number of nitrogens with two attached hydrogens (primary N) is 1. The number of amides is 2. The molecule has 2 amide bonds. The van der Waals surface area contributed by atoms with E-state index >= 15 is 0 Å². The number of esters is 1. The van der Waals surface area contributed by atoms with E-state index in [4.69, 9.17) is 15.9 Å². The smallest absolute Gasteiger partial charge is 0.306 e. The van der Waals surface area contributed by atoms with Crippen LogP contribution in [-0.4, -0.2) is 43.8 Å². The molecule has 0 radical (unpaired) electrons. The summed E-state index contributed by atoms with van der Waals surface area (Å²) in [5, 5.41) is 13.1. The third-order valence-electron chi connectivity index (χ3n) is 5.85. The van der Waals surface area contributed by atoms with E-state index in [1.807, 2.05) is 24.3 Å². The molecule has 3 rings (SSSR count). The first-order valence-electron chi connectivity index (χ1n) is 9.93. The molecule has 1 fully saturated rings. The van der Waals surface area contributed by atoms with Crippen LogP contribution < -0.4 is 16.4 Å². The van der Waals surface area contributed by atoms with E-state index in [1.165, 1.54) is 7.11 Å². The van der Waals surface area contributed by atoms with E-state index in [9.17, 15) is 14.4 Å². The van der Waals surface area contributed by atoms with Gasteiger partial charge in [0, 0.05) is 30.1 Å². The molecule has 1 aliphatic heterocycles. The third-order valence-corrected chi connectivity index (χ3v) is 5.85. The topological polar surface area (TPSA) is 134 Å². The molecule has 9 heteroatoms. The second-order valence-electron chi connectivity index (χ2n) is 7.86. The lowest BCUT2D eigenvalue weighted by Crippen LogP contribution is -2.40. The summed E-state index contributed by atoms with van der Waals surface area (Å²) in [5.74, 6) is -1.12. The summed E-state index contributed by atoms with van der Waals surface area (Å²) >= 11 is 0. The minimum absolute atomic E-state index is 0.